The number of nitrogens with zero attached hydrogens (tertiary/aromatic N) is 1. The number of nitro benzene ring substituents is 1. The highest BCUT2D eigenvalue weighted by molar-refractivity contribution is 5.33. The van der Waals surface area contributed by atoms with E-state index in [0.29, 0.717) is 18.4 Å². The van der Waals surface area contributed by atoms with E-state index in [0.717, 1.165) is 0 Å². The van der Waals surface area contributed by atoms with Gasteiger partial charge in [-0.2, -0.15) is 0 Å². The Morgan fingerprint density at radius 1 is 1.37 bits per heavy atom. The number of rotatable bonds is 7. The fourth-order valence-electron chi connectivity index (χ4n) is 1.69. The summed E-state index contributed by atoms with van der Waals surface area (Å²) in [5, 5.41) is 29.2. The summed E-state index contributed by atoms with van der Waals surface area (Å²) in [6, 6.07) is 5.90. The summed E-state index contributed by atoms with van der Waals surface area (Å²) in [6.07, 6.45) is 4.30. The van der Waals surface area contributed by atoms with Crippen LogP contribution in [0, 0.1) is 16.0 Å². The van der Waals surface area contributed by atoms with Crippen molar-refractivity contribution in [1.29, 1.82) is 0 Å². The third-order valence-electron chi connectivity index (χ3n) is 2.90. The van der Waals surface area contributed by atoms with Gasteiger partial charge < -0.3 is 10.2 Å². The number of hydrogen-bond donors (Lipinski definition) is 2. The normalized spacial score (nSPS) is 14.5. The molecule has 2 N–H and O–H groups in total. The van der Waals surface area contributed by atoms with Gasteiger partial charge >= 0.3 is 0 Å². The Balaban J connectivity index is 2.53. The van der Waals surface area contributed by atoms with E-state index in [4.69, 9.17) is 5.11 Å². The van der Waals surface area contributed by atoms with E-state index in [1.165, 1.54) is 12.1 Å². The molecule has 1 rings (SSSR count). The van der Waals surface area contributed by atoms with Gasteiger partial charge in [-0.05, 0) is 36.5 Å². The van der Waals surface area contributed by atoms with E-state index in [1.54, 1.807) is 12.1 Å². The molecular formula is C14H19NO4. The highest BCUT2D eigenvalue weighted by Gasteiger charge is 2.09. The zero-order chi connectivity index (χ0) is 14.3. The first-order chi connectivity index (χ1) is 9.04. The van der Waals surface area contributed by atoms with Crippen LogP contribution in [0.15, 0.2) is 36.4 Å². The van der Waals surface area contributed by atoms with Crippen molar-refractivity contribution >= 4 is 5.69 Å². The van der Waals surface area contributed by atoms with Gasteiger partial charge in [-0.1, -0.05) is 19.1 Å². The minimum absolute atomic E-state index is 0.0167. The van der Waals surface area contributed by atoms with Crippen LogP contribution in [0.3, 0.4) is 0 Å². The van der Waals surface area contributed by atoms with Gasteiger partial charge in [0.1, 0.15) is 0 Å². The van der Waals surface area contributed by atoms with Crippen LogP contribution in [0.4, 0.5) is 5.69 Å². The molecule has 104 valence electrons. The maximum absolute atomic E-state index is 10.5. The fraction of sp³-hybridized carbons (Fsp3) is 0.429. The lowest BCUT2D eigenvalue weighted by Crippen LogP contribution is -1.97. The molecule has 0 aliphatic carbocycles. The fourth-order valence-corrected chi connectivity index (χ4v) is 1.69. The number of aliphatic hydroxyl groups is 2. The van der Waals surface area contributed by atoms with Crippen molar-refractivity contribution in [2.24, 2.45) is 5.92 Å². The zero-order valence-corrected chi connectivity index (χ0v) is 10.9. The summed E-state index contributed by atoms with van der Waals surface area (Å²) in [6.45, 7) is 2.14. The van der Waals surface area contributed by atoms with Crippen molar-refractivity contribution in [1.82, 2.24) is 0 Å². The molecule has 2 atom stereocenters. The van der Waals surface area contributed by atoms with Crippen molar-refractivity contribution in [3.05, 3.63) is 52.1 Å². The first kappa shape index (κ1) is 15.3. The SMILES string of the molecule is C[C@@H](/C=C\C[C@@H](O)c1ccc([N+](=O)[O-])cc1)CCO. The van der Waals surface area contributed by atoms with E-state index in [9.17, 15) is 15.2 Å². The van der Waals surface area contributed by atoms with Crippen molar-refractivity contribution < 1.29 is 15.1 Å². The predicted octanol–water partition coefficient (Wildman–Crippen LogP) is 2.59. The lowest BCUT2D eigenvalue weighted by atomic mass is 10.0. The topological polar surface area (TPSA) is 83.6 Å². The molecule has 0 heterocycles. The van der Waals surface area contributed by atoms with Crippen LogP contribution in [-0.2, 0) is 0 Å². The lowest BCUT2D eigenvalue weighted by molar-refractivity contribution is -0.384. The highest BCUT2D eigenvalue weighted by atomic mass is 16.6. The van der Waals surface area contributed by atoms with Crippen molar-refractivity contribution in [3.8, 4) is 0 Å². The van der Waals surface area contributed by atoms with Gasteiger partial charge in [-0.15, -0.1) is 0 Å². The maximum Gasteiger partial charge on any atom is 0.269 e. The van der Waals surface area contributed by atoms with Crippen LogP contribution in [0.5, 0.6) is 0 Å². The molecule has 0 spiro atoms. The molecular weight excluding hydrogens is 246 g/mol. The summed E-state index contributed by atoms with van der Waals surface area (Å²) in [5.74, 6) is 0.272. The monoisotopic (exact) mass is 265 g/mol. The summed E-state index contributed by atoms with van der Waals surface area (Å²) in [4.78, 5) is 10.0. The van der Waals surface area contributed by atoms with E-state index < -0.39 is 11.0 Å². The molecule has 0 unspecified atom stereocenters. The molecule has 0 aliphatic rings. The van der Waals surface area contributed by atoms with Crippen LogP contribution in [0.2, 0.25) is 0 Å². The number of allylic oxidation sites excluding steroid dienone is 1. The van der Waals surface area contributed by atoms with Gasteiger partial charge in [-0.25, -0.2) is 0 Å². The van der Waals surface area contributed by atoms with Gasteiger partial charge in [0.05, 0.1) is 11.0 Å². The molecule has 0 aromatic heterocycles. The largest absolute Gasteiger partial charge is 0.396 e. The maximum atomic E-state index is 10.5. The minimum atomic E-state index is -0.668. The Kier molecular flexibility index (Phi) is 6.18. The Morgan fingerprint density at radius 2 is 2.00 bits per heavy atom. The van der Waals surface area contributed by atoms with Crippen LogP contribution >= 0.6 is 0 Å². The van der Waals surface area contributed by atoms with Crippen molar-refractivity contribution in [2.45, 2.75) is 25.9 Å². The molecule has 0 radical (unpaired) electrons. The summed E-state index contributed by atoms with van der Waals surface area (Å²) >= 11 is 0. The molecule has 0 saturated heterocycles. The van der Waals surface area contributed by atoms with E-state index >= 15 is 0 Å². The van der Waals surface area contributed by atoms with Gasteiger partial charge in [0.2, 0.25) is 0 Å². The van der Waals surface area contributed by atoms with Crippen molar-refractivity contribution in [2.75, 3.05) is 6.61 Å². The first-order valence-electron chi connectivity index (χ1n) is 6.24. The molecule has 1 aromatic rings. The number of nitro groups is 1. The molecule has 1 aromatic carbocycles. The summed E-state index contributed by atoms with van der Waals surface area (Å²) in [5.41, 5.74) is 0.674. The average molecular weight is 265 g/mol. The molecule has 5 nitrogen and oxygen atoms in total. The Bertz CT molecular complexity index is 428. The number of benzene rings is 1. The smallest absolute Gasteiger partial charge is 0.269 e. The molecule has 19 heavy (non-hydrogen) atoms. The second kappa shape index (κ2) is 7.66. The highest BCUT2D eigenvalue weighted by Crippen LogP contribution is 2.20. The van der Waals surface area contributed by atoms with Crippen LogP contribution in [-0.4, -0.2) is 21.7 Å². The Morgan fingerprint density at radius 3 is 2.53 bits per heavy atom. The Labute approximate surface area is 112 Å². The third-order valence-corrected chi connectivity index (χ3v) is 2.90. The van der Waals surface area contributed by atoms with E-state index in [-0.39, 0.29) is 18.2 Å². The Hall–Kier alpha value is -1.72. The third kappa shape index (κ3) is 5.19. The predicted molar refractivity (Wildman–Crippen MR) is 72.7 cm³/mol. The lowest BCUT2D eigenvalue weighted by Gasteiger charge is -2.08. The van der Waals surface area contributed by atoms with Gasteiger partial charge in [0.25, 0.3) is 5.69 Å². The van der Waals surface area contributed by atoms with Crippen LogP contribution in [0.1, 0.15) is 31.4 Å². The second-order valence-corrected chi connectivity index (χ2v) is 4.52. The van der Waals surface area contributed by atoms with E-state index in [1.807, 2.05) is 19.1 Å². The molecule has 0 amide bonds. The molecule has 0 bridgehead atoms. The van der Waals surface area contributed by atoms with Gasteiger partial charge in [0.15, 0.2) is 0 Å². The van der Waals surface area contributed by atoms with Crippen molar-refractivity contribution in [3.63, 3.8) is 0 Å². The summed E-state index contributed by atoms with van der Waals surface area (Å²) in [7, 11) is 0. The first-order valence-corrected chi connectivity index (χ1v) is 6.24. The van der Waals surface area contributed by atoms with Crippen LogP contribution < -0.4 is 0 Å². The van der Waals surface area contributed by atoms with Crippen LogP contribution in [0.25, 0.3) is 0 Å². The standard InChI is InChI=1S/C14H19NO4/c1-11(9-10-16)3-2-4-14(17)12-5-7-13(8-6-12)15(18)19/h2-3,5-8,11,14,16-17H,4,9-10H2,1H3/b3-2-/t11-,14+/m0/s1. The summed E-state index contributed by atoms with van der Waals surface area (Å²) < 4.78 is 0. The quantitative estimate of drug-likeness (QED) is 0.451. The number of aliphatic hydroxyl groups excluding tert-OH is 2. The second-order valence-electron chi connectivity index (χ2n) is 4.52. The van der Waals surface area contributed by atoms with E-state index in [2.05, 4.69) is 0 Å². The molecule has 0 aliphatic heterocycles. The molecule has 0 fully saturated rings. The average Bonchev–Trinajstić information content (AvgIpc) is 2.39. The zero-order valence-electron chi connectivity index (χ0n) is 10.9. The minimum Gasteiger partial charge on any atom is -0.396 e. The van der Waals surface area contributed by atoms with Gasteiger partial charge in [0, 0.05) is 18.7 Å². The van der Waals surface area contributed by atoms with Gasteiger partial charge in [-0.3, -0.25) is 10.1 Å². The molecule has 0 saturated carbocycles. The number of non-ortho nitro benzene ring substituents is 1. The molecule has 5 heteroatoms. The number of hydrogen-bond acceptors (Lipinski definition) is 4.